The Morgan fingerprint density at radius 1 is 1.30 bits per heavy atom. The van der Waals surface area contributed by atoms with E-state index < -0.39 is 10.0 Å². The number of amides is 1. The summed E-state index contributed by atoms with van der Waals surface area (Å²) in [5.74, 6) is -0.263. The number of rotatable bonds is 4. The van der Waals surface area contributed by atoms with E-state index in [0.29, 0.717) is 10.6 Å². The average Bonchev–Trinajstić information content (AvgIpc) is 2.87. The lowest BCUT2D eigenvalue weighted by Crippen LogP contribution is -2.14. The molecule has 1 aromatic carbocycles. The van der Waals surface area contributed by atoms with Crippen LogP contribution in [0, 0.1) is 0 Å². The fraction of sp³-hybridized carbons (Fsp3) is 0.154. The number of aryl methyl sites for hydroxylation is 1. The van der Waals surface area contributed by atoms with Gasteiger partial charge in [0.1, 0.15) is 0 Å². The molecule has 1 aromatic heterocycles. The minimum absolute atomic E-state index is 0.0317. The van der Waals surface area contributed by atoms with E-state index in [1.165, 1.54) is 29.5 Å². The number of benzene rings is 1. The molecule has 0 unspecified atom stereocenters. The van der Waals surface area contributed by atoms with Crippen LogP contribution in [0.15, 0.2) is 41.3 Å². The Kier molecular flexibility index (Phi) is 4.22. The third-order valence-corrected chi connectivity index (χ3v) is 4.79. The Hall–Kier alpha value is -1.70. The molecule has 0 aliphatic carbocycles. The molecule has 0 saturated heterocycles. The highest BCUT2D eigenvalue weighted by Gasteiger charge is 2.12. The molecular weight excluding hydrogens is 296 g/mol. The van der Waals surface area contributed by atoms with E-state index in [2.05, 4.69) is 5.32 Å². The van der Waals surface area contributed by atoms with E-state index >= 15 is 0 Å². The quantitative estimate of drug-likeness (QED) is 0.907. The van der Waals surface area contributed by atoms with Crippen molar-refractivity contribution in [3.8, 4) is 0 Å². The van der Waals surface area contributed by atoms with Crippen molar-refractivity contribution in [1.29, 1.82) is 0 Å². The van der Waals surface area contributed by atoms with Gasteiger partial charge in [0.15, 0.2) is 0 Å². The number of carbonyl (C=O) groups excluding carboxylic acids is 1. The summed E-state index contributed by atoms with van der Waals surface area (Å²) in [6.45, 7) is 2.02. The summed E-state index contributed by atoms with van der Waals surface area (Å²) in [6, 6.07) is 9.51. The first kappa shape index (κ1) is 14.7. The van der Waals surface area contributed by atoms with Gasteiger partial charge >= 0.3 is 0 Å². The molecule has 1 amide bonds. The first-order valence-corrected chi connectivity index (χ1v) is 8.29. The van der Waals surface area contributed by atoms with Crippen molar-refractivity contribution < 1.29 is 13.2 Å². The fourth-order valence-corrected chi connectivity index (χ4v) is 3.04. The topological polar surface area (TPSA) is 89.3 Å². The first-order chi connectivity index (χ1) is 9.40. The smallest absolute Gasteiger partial charge is 0.265 e. The predicted molar refractivity (Wildman–Crippen MR) is 79.5 cm³/mol. The van der Waals surface area contributed by atoms with Crippen molar-refractivity contribution in [1.82, 2.24) is 0 Å². The number of nitrogens with two attached hydrogens (primary N) is 1. The van der Waals surface area contributed by atoms with Crippen molar-refractivity contribution in [2.75, 3.05) is 5.32 Å². The fourth-order valence-electron chi connectivity index (χ4n) is 1.63. The summed E-state index contributed by atoms with van der Waals surface area (Å²) in [5.41, 5.74) is 0.396. The number of hydrogen-bond acceptors (Lipinski definition) is 4. The average molecular weight is 310 g/mol. The lowest BCUT2D eigenvalue weighted by atomic mass is 10.3. The summed E-state index contributed by atoms with van der Waals surface area (Å²) in [6.07, 6.45) is 0.874. The molecule has 0 atom stereocenters. The van der Waals surface area contributed by atoms with Crippen LogP contribution in [-0.2, 0) is 16.4 Å². The second kappa shape index (κ2) is 5.74. The van der Waals surface area contributed by atoms with E-state index in [1.807, 2.05) is 13.0 Å². The molecule has 7 heteroatoms. The van der Waals surface area contributed by atoms with Gasteiger partial charge in [0, 0.05) is 10.6 Å². The van der Waals surface area contributed by atoms with Crippen LogP contribution in [0.4, 0.5) is 5.69 Å². The van der Waals surface area contributed by atoms with E-state index in [0.717, 1.165) is 11.3 Å². The van der Waals surface area contributed by atoms with E-state index in [1.54, 1.807) is 12.1 Å². The van der Waals surface area contributed by atoms with Crippen LogP contribution in [-0.4, -0.2) is 14.3 Å². The summed E-state index contributed by atoms with van der Waals surface area (Å²) < 4.78 is 22.5. The summed E-state index contributed by atoms with van der Waals surface area (Å²) in [4.78, 5) is 13.7. The third kappa shape index (κ3) is 3.44. The highest BCUT2D eigenvalue weighted by molar-refractivity contribution is 7.89. The number of primary sulfonamides is 1. The summed E-state index contributed by atoms with van der Waals surface area (Å²) in [5, 5.41) is 7.71. The van der Waals surface area contributed by atoms with Crippen LogP contribution in [0.3, 0.4) is 0 Å². The summed E-state index contributed by atoms with van der Waals surface area (Å²) in [7, 11) is -3.77. The standard InChI is InChI=1S/C13H14N2O3S2/c1-2-10-6-7-12(19-10)13(16)15-9-4-3-5-11(8-9)20(14,17)18/h3-8H,2H2,1H3,(H,15,16)(H2,14,17,18). The Morgan fingerprint density at radius 2 is 2.05 bits per heavy atom. The molecular formula is C13H14N2O3S2. The van der Waals surface area contributed by atoms with Crippen molar-refractivity contribution >= 4 is 33.0 Å². The van der Waals surface area contributed by atoms with Crippen LogP contribution in [0.25, 0.3) is 0 Å². The minimum atomic E-state index is -3.77. The second-order valence-electron chi connectivity index (χ2n) is 4.15. The lowest BCUT2D eigenvalue weighted by Gasteiger charge is -2.05. The van der Waals surface area contributed by atoms with Gasteiger partial charge in [0.25, 0.3) is 5.91 Å². The third-order valence-electron chi connectivity index (χ3n) is 2.65. The zero-order chi connectivity index (χ0) is 14.8. The molecule has 1 heterocycles. The number of hydrogen-bond donors (Lipinski definition) is 2. The van der Waals surface area contributed by atoms with Crippen LogP contribution in [0.1, 0.15) is 21.5 Å². The van der Waals surface area contributed by atoms with E-state index in [9.17, 15) is 13.2 Å². The largest absolute Gasteiger partial charge is 0.321 e. The lowest BCUT2D eigenvalue weighted by molar-refractivity contribution is 0.103. The summed E-state index contributed by atoms with van der Waals surface area (Å²) >= 11 is 1.41. The van der Waals surface area contributed by atoms with E-state index in [4.69, 9.17) is 5.14 Å². The maximum absolute atomic E-state index is 12.0. The molecule has 0 fully saturated rings. The van der Waals surface area contributed by atoms with Crippen LogP contribution in [0.5, 0.6) is 0 Å². The van der Waals surface area contributed by atoms with Gasteiger partial charge in [-0.15, -0.1) is 11.3 Å². The Bertz CT molecular complexity index is 736. The second-order valence-corrected chi connectivity index (χ2v) is 6.88. The van der Waals surface area contributed by atoms with Crippen molar-refractivity contribution in [2.45, 2.75) is 18.2 Å². The van der Waals surface area contributed by atoms with E-state index in [-0.39, 0.29) is 10.8 Å². The van der Waals surface area contributed by atoms with Crippen LogP contribution < -0.4 is 10.5 Å². The van der Waals surface area contributed by atoms with Gasteiger partial charge in [0.2, 0.25) is 10.0 Å². The minimum Gasteiger partial charge on any atom is -0.321 e. The highest BCUT2D eigenvalue weighted by atomic mass is 32.2. The van der Waals surface area contributed by atoms with Gasteiger partial charge in [-0.2, -0.15) is 0 Å². The van der Waals surface area contributed by atoms with Gasteiger partial charge in [-0.05, 0) is 36.8 Å². The number of nitrogens with one attached hydrogen (secondary N) is 1. The van der Waals surface area contributed by atoms with Gasteiger partial charge in [-0.3, -0.25) is 4.79 Å². The molecule has 2 aromatic rings. The van der Waals surface area contributed by atoms with Gasteiger partial charge in [-0.1, -0.05) is 13.0 Å². The normalized spacial score (nSPS) is 11.3. The number of sulfonamides is 1. The molecule has 106 valence electrons. The molecule has 0 radical (unpaired) electrons. The number of thiophene rings is 1. The Balaban J connectivity index is 2.20. The van der Waals surface area contributed by atoms with Crippen LogP contribution in [0.2, 0.25) is 0 Å². The number of carbonyl (C=O) groups is 1. The SMILES string of the molecule is CCc1ccc(C(=O)Nc2cccc(S(N)(=O)=O)c2)s1. The molecule has 3 N–H and O–H groups in total. The molecule has 0 spiro atoms. The zero-order valence-corrected chi connectivity index (χ0v) is 12.4. The highest BCUT2D eigenvalue weighted by Crippen LogP contribution is 2.20. The molecule has 0 saturated carbocycles. The Morgan fingerprint density at radius 3 is 2.65 bits per heavy atom. The van der Waals surface area contributed by atoms with Crippen LogP contribution >= 0.6 is 11.3 Å². The van der Waals surface area contributed by atoms with Crippen molar-refractivity contribution in [3.63, 3.8) is 0 Å². The van der Waals surface area contributed by atoms with Crippen molar-refractivity contribution in [2.24, 2.45) is 5.14 Å². The van der Waals surface area contributed by atoms with Gasteiger partial charge in [-0.25, -0.2) is 13.6 Å². The molecule has 20 heavy (non-hydrogen) atoms. The predicted octanol–water partition coefficient (Wildman–Crippen LogP) is 2.21. The van der Waals surface area contributed by atoms with Gasteiger partial charge < -0.3 is 5.32 Å². The molecule has 0 aliphatic rings. The Labute approximate surface area is 121 Å². The molecule has 5 nitrogen and oxygen atoms in total. The number of anilines is 1. The first-order valence-electron chi connectivity index (χ1n) is 5.93. The maximum Gasteiger partial charge on any atom is 0.265 e. The van der Waals surface area contributed by atoms with Crippen molar-refractivity contribution in [3.05, 3.63) is 46.2 Å². The molecule has 0 aliphatic heterocycles. The van der Waals surface area contributed by atoms with Gasteiger partial charge in [0.05, 0.1) is 9.77 Å². The molecule has 2 rings (SSSR count). The maximum atomic E-state index is 12.0. The monoisotopic (exact) mass is 310 g/mol. The molecule has 0 bridgehead atoms. The zero-order valence-electron chi connectivity index (χ0n) is 10.8.